The Labute approximate surface area is 160 Å². The number of hydrogen-bond acceptors (Lipinski definition) is 0. The summed E-state index contributed by atoms with van der Waals surface area (Å²) in [6.07, 6.45) is 12.6. The average molecular weight is 450 g/mol. The molecule has 116 valence electrons. The first kappa shape index (κ1) is 21.6. The van der Waals surface area contributed by atoms with Crippen molar-refractivity contribution in [3.63, 3.8) is 0 Å². The van der Waals surface area contributed by atoms with E-state index in [1.165, 1.54) is 38.5 Å². The van der Waals surface area contributed by atoms with Crippen LogP contribution in [0, 0.1) is 0 Å². The van der Waals surface area contributed by atoms with Crippen LogP contribution < -0.4 is 34.0 Å². The first-order chi connectivity index (χ1) is 9.17. The van der Waals surface area contributed by atoms with E-state index in [0.29, 0.717) is 0 Å². The van der Waals surface area contributed by atoms with Gasteiger partial charge in [-0.25, -0.2) is 0 Å². The number of hydrogen-bond donors (Lipinski definition) is 0. The van der Waals surface area contributed by atoms with E-state index in [2.05, 4.69) is 39.8 Å². The second-order valence-corrected chi connectivity index (χ2v) is 8.00. The maximum absolute atomic E-state index is 2.46. The van der Waals surface area contributed by atoms with Crippen molar-refractivity contribution in [1.29, 1.82) is 0 Å². The Bertz CT molecular complexity index is 437. The predicted octanol–water partition coefficient (Wildman–Crippen LogP) is -0.115. The summed E-state index contributed by atoms with van der Waals surface area (Å²) in [6, 6.07) is 0. The summed E-state index contributed by atoms with van der Waals surface area (Å²) in [7, 11) is 0. The van der Waals surface area contributed by atoms with E-state index in [9.17, 15) is 0 Å². The molecule has 0 fully saturated rings. The van der Waals surface area contributed by atoms with E-state index in [4.69, 9.17) is 0 Å². The average Bonchev–Trinajstić information content (AvgIpc) is 2.90. The minimum Gasteiger partial charge on any atom is -1.00 e. The van der Waals surface area contributed by atoms with Crippen LogP contribution in [0.3, 0.4) is 0 Å². The summed E-state index contributed by atoms with van der Waals surface area (Å²) in [5, 5.41) is 0. The summed E-state index contributed by atoms with van der Waals surface area (Å²) in [4.78, 5) is 0. The Morgan fingerprint density at radius 1 is 0.810 bits per heavy atom. The van der Waals surface area contributed by atoms with Crippen LogP contribution in [0.5, 0.6) is 0 Å². The van der Waals surface area contributed by atoms with Crippen molar-refractivity contribution in [1.82, 2.24) is 0 Å². The van der Waals surface area contributed by atoms with Crippen molar-refractivity contribution in [3.05, 3.63) is 42.2 Å². The summed E-state index contributed by atoms with van der Waals surface area (Å²) in [6.45, 7) is 9.23. The maximum Gasteiger partial charge on any atom is -1.00 e. The van der Waals surface area contributed by atoms with E-state index < -0.39 is 0 Å². The molecule has 0 heterocycles. The second-order valence-electron chi connectivity index (χ2n) is 5.72. The van der Waals surface area contributed by atoms with Crippen LogP contribution >= 0.6 is 0 Å². The molecular weight excluding hydrogens is 424 g/mol. The van der Waals surface area contributed by atoms with Crippen LogP contribution in [0.2, 0.25) is 0 Å². The molecule has 0 spiro atoms. The fraction of sp³-hybridized carbons (Fsp3) is 0.556. The summed E-state index contributed by atoms with van der Waals surface area (Å²) >= 11 is -0.0390. The molecule has 2 aliphatic rings. The molecule has 0 saturated heterocycles. The van der Waals surface area contributed by atoms with E-state index >= 15 is 0 Å². The van der Waals surface area contributed by atoms with Gasteiger partial charge in [0.25, 0.3) is 0 Å². The monoisotopic (exact) mass is 448 g/mol. The van der Waals surface area contributed by atoms with Gasteiger partial charge in [0.1, 0.15) is 0 Å². The molecule has 0 aliphatic heterocycles. The van der Waals surface area contributed by atoms with Crippen LogP contribution in [0.1, 0.15) is 66.2 Å². The van der Waals surface area contributed by atoms with Gasteiger partial charge < -0.3 is 34.0 Å². The predicted molar refractivity (Wildman–Crippen MR) is 80.6 cm³/mol. The fourth-order valence-corrected chi connectivity index (χ4v) is 5.79. The molecule has 0 aromatic carbocycles. The molecule has 2 rings (SSSR count). The third kappa shape index (κ3) is 5.34. The molecule has 0 aromatic heterocycles. The van der Waals surface area contributed by atoms with Gasteiger partial charge in [0.15, 0.2) is 0 Å². The minimum atomic E-state index is -0.0390. The summed E-state index contributed by atoms with van der Waals surface area (Å²) < 4.78 is 3.65. The third-order valence-electron chi connectivity index (χ3n) is 4.21. The Morgan fingerprint density at radius 3 is 1.52 bits per heavy atom. The van der Waals surface area contributed by atoms with Crippen molar-refractivity contribution in [2.75, 3.05) is 0 Å². The fourth-order valence-electron chi connectivity index (χ4n) is 3.11. The number of halogens is 2. The van der Waals surface area contributed by atoms with Gasteiger partial charge in [-0.15, -0.1) is 0 Å². The molecule has 0 unspecified atom stereocenters. The van der Waals surface area contributed by atoms with E-state index in [1.807, 2.05) is 7.76 Å². The Balaban J connectivity index is 0.00000200. The Kier molecular flexibility index (Phi) is 10.7. The Morgan fingerprint density at radius 2 is 1.19 bits per heavy atom. The largest absolute Gasteiger partial charge is 1.00 e. The zero-order chi connectivity index (χ0) is 13.8. The zero-order valence-electron chi connectivity index (χ0n) is 13.7. The van der Waals surface area contributed by atoms with Gasteiger partial charge in [-0.2, -0.15) is 0 Å². The van der Waals surface area contributed by atoms with Crippen molar-refractivity contribution in [2.24, 2.45) is 0 Å². The molecule has 2 aliphatic carbocycles. The zero-order valence-corrected chi connectivity index (χ0v) is 18.4. The van der Waals surface area contributed by atoms with Crippen LogP contribution in [-0.2, 0) is 19.2 Å². The first-order valence-corrected chi connectivity index (χ1v) is 9.28. The van der Waals surface area contributed by atoms with Crippen LogP contribution in [0.15, 0.2) is 42.2 Å². The molecule has 0 N–H and O–H groups in total. The quantitative estimate of drug-likeness (QED) is 0.496. The molecule has 21 heavy (non-hydrogen) atoms. The number of allylic oxidation sites excluding steroid dienone is 8. The molecule has 0 aromatic rings. The van der Waals surface area contributed by atoms with Gasteiger partial charge in [-0.3, -0.25) is 0 Å². The molecular formula is C18H26Br2Ti. The van der Waals surface area contributed by atoms with Crippen LogP contribution in [0.25, 0.3) is 0 Å². The maximum atomic E-state index is 2.46. The van der Waals surface area contributed by atoms with E-state index in [-0.39, 0.29) is 53.1 Å². The molecule has 0 saturated carbocycles. The molecule has 0 radical (unpaired) electrons. The molecule has 0 atom stereocenters. The van der Waals surface area contributed by atoms with E-state index in [1.54, 1.807) is 22.3 Å². The topological polar surface area (TPSA) is 0 Å². The third-order valence-corrected chi connectivity index (χ3v) is 6.73. The van der Waals surface area contributed by atoms with Gasteiger partial charge >= 0.3 is 128 Å². The molecule has 0 nitrogen and oxygen atoms in total. The van der Waals surface area contributed by atoms with Gasteiger partial charge in [0.05, 0.1) is 0 Å². The van der Waals surface area contributed by atoms with Crippen LogP contribution in [0.4, 0.5) is 0 Å². The molecule has 0 amide bonds. The Hall–Kier alpha value is 0.634. The summed E-state index contributed by atoms with van der Waals surface area (Å²) in [5.41, 5.74) is 6.58. The smallest absolute Gasteiger partial charge is 1.00 e. The molecule has 0 bridgehead atoms. The SMILES string of the molecule is CCCC1=[C]([Ti+2][C]2=C(CCC)C(C)=CC2)CC=C1C.[Br-].[Br-]. The van der Waals surface area contributed by atoms with Crippen molar-refractivity contribution < 1.29 is 53.1 Å². The van der Waals surface area contributed by atoms with Gasteiger partial charge in [0, 0.05) is 0 Å². The first-order valence-electron chi connectivity index (χ1n) is 7.72. The molecule has 3 heteroatoms. The van der Waals surface area contributed by atoms with Crippen molar-refractivity contribution >= 4 is 0 Å². The standard InChI is InChI=1S/2C9H13.2BrH.Ti/c2*1-3-5-9-7-4-6-8(9)2;;;/h2*6H,3-5H2,1-2H3;2*1H;/q;;;;+2/p-2. The van der Waals surface area contributed by atoms with Crippen molar-refractivity contribution in [3.8, 4) is 0 Å². The van der Waals surface area contributed by atoms with Gasteiger partial charge in [0.2, 0.25) is 0 Å². The van der Waals surface area contributed by atoms with Gasteiger partial charge in [-0.05, 0) is 0 Å². The van der Waals surface area contributed by atoms with E-state index in [0.717, 1.165) is 0 Å². The normalized spacial score (nSPS) is 17.1. The minimum absolute atomic E-state index is 0. The summed E-state index contributed by atoms with van der Waals surface area (Å²) in [5.74, 6) is 0. The van der Waals surface area contributed by atoms with Crippen LogP contribution in [-0.4, -0.2) is 0 Å². The van der Waals surface area contributed by atoms with Crippen molar-refractivity contribution in [2.45, 2.75) is 66.2 Å². The number of rotatable bonds is 6. The van der Waals surface area contributed by atoms with Gasteiger partial charge in [-0.1, -0.05) is 0 Å². The second kappa shape index (κ2) is 10.4.